The van der Waals surface area contributed by atoms with Crippen LogP contribution in [0.1, 0.15) is 37.7 Å². The van der Waals surface area contributed by atoms with Gasteiger partial charge in [-0.15, -0.1) is 0 Å². The van der Waals surface area contributed by atoms with Crippen LogP contribution < -0.4 is 4.90 Å². The summed E-state index contributed by atoms with van der Waals surface area (Å²) >= 11 is 6.25. The van der Waals surface area contributed by atoms with E-state index in [2.05, 4.69) is 4.90 Å². The Balaban J connectivity index is 1.29. The third-order valence-corrected chi connectivity index (χ3v) is 9.20. The van der Waals surface area contributed by atoms with Gasteiger partial charge in [-0.2, -0.15) is 0 Å². The third-order valence-electron chi connectivity index (χ3n) is 7.66. The Morgan fingerprint density at radius 1 is 1.03 bits per heavy atom. The number of benzene rings is 2. The molecule has 0 aliphatic carbocycles. The van der Waals surface area contributed by atoms with Gasteiger partial charge in [0.15, 0.2) is 0 Å². The Labute approximate surface area is 225 Å². The highest BCUT2D eigenvalue weighted by molar-refractivity contribution is 7.88. The average Bonchev–Trinajstić information content (AvgIpc) is 2.88. The second-order valence-corrected chi connectivity index (χ2v) is 12.8. The first-order chi connectivity index (χ1) is 17.7. The van der Waals surface area contributed by atoms with Crippen LogP contribution in [0, 0.1) is 17.7 Å². The van der Waals surface area contributed by atoms with Crippen molar-refractivity contribution in [2.45, 2.75) is 38.5 Å². The van der Waals surface area contributed by atoms with Crippen molar-refractivity contribution in [2.75, 3.05) is 50.4 Å². The molecule has 2 aliphatic heterocycles. The second-order valence-electron chi connectivity index (χ2n) is 10.4. The van der Waals surface area contributed by atoms with Crippen molar-refractivity contribution >= 4 is 33.2 Å². The molecule has 2 fully saturated rings. The van der Waals surface area contributed by atoms with Crippen LogP contribution in [-0.2, 0) is 21.2 Å². The zero-order valence-corrected chi connectivity index (χ0v) is 23.1. The lowest BCUT2D eigenvalue weighted by atomic mass is 9.90. The van der Waals surface area contributed by atoms with E-state index >= 15 is 0 Å². The highest BCUT2D eigenvalue weighted by Gasteiger charge is 2.32. The number of hydrogen-bond donors (Lipinski definition) is 0. The van der Waals surface area contributed by atoms with Crippen LogP contribution in [0.2, 0.25) is 5.02 Å². The first-order valence-electron chi connectivity index (χ1n) is 13.2. The summed E-state index contributed by atoms with van der Waals surface area (Å²) in [4.78, 5) is 17.9. The fourth-order valence-corrected chi connectivity index (χ4v) is 6.54. The molecule has 2 aliphatic rings. The fourth-order valence-electron chi connectivity index (χ4n) is 5.49. The number of carbonyl (C=O) groups excluding carboxylic acids is 1. The van der Waals surface area contributed by atoms with E-state index in [-0.39, 0.29) is 17.6 Å². The number of anilines is 1. The van der Waals surface area contributed by atoms with Crippen molar-refractivity contribution < 1.29 is 17.6 Å². The second kappa shape index (κ2) is 12.7. The molecular formula is C28H37ClFN3O3S. The number of carbonyl (C=O) groups is 1. The monoisotopic (exact) mass is 549 g/mol. The smallest absolute Gasteiger partial charge is 0.230 e. The van der Waals surface area contributed by atoms with Gasteiger partial charge in [-0.1, -0.05) is 29.8 Å². The molecule has 0 bridgehead atoms. The highest BCUT2D eigenvalue weighted by Crippen LogP contribution is 2.27. The lowest BCUT2D eigenvalue weighted by molar-refractivity contribution is -0.123. The summed E-state index contributed by atoms with van der Waals surface area (Å²) in [5.41, 5.74) is 1.99. The van der Waals surface area contributed by atoms with E-state index in [1.807, 2.05) is 35.2 Å². The number of likely N-dealkylation sites (tertiary alicyclic amines) is 1. The number of sulfonamides is 1. The van der Waals surface area contributed by atoms with Crippen LogP contribution in [-0.4, -0.2) is 69.1 Å². The maximum atomic E-state index is 13.6. The van der Waals surface area contributed by atoms with Gasteiger partial charge in [-0.05, 0) is 100.0 Å². The Morgan fingerprint density at radius 3 is 2.32 bits per heavy atom. The fraction of sp³-hybridized carbons (Fsp3) is 0.536. The van der Waals surface area contributed by atoms with Gasteiger partial charge in [-0.25, -0.2) is 17.1 Å². The number of amides is 1. The minimum absolute atomic E-state index is 0.0495. The predicted octanol–water partition coefficient (Wildman–Crippen LogP) is 4.83. The summed E-state index contributed by atoms with van der Waals surface area (Å²) in [6.07, 6.45) is 6.36. The molecule has 202 valence electrons. The zero-order valence-electron chi connectivity index (χ0n) is 21.5. The van der Waals surface area contributed by atoms with Gasteiger partial charge in [-0.3, -0.25) is 4.79 Å². The van der Waals surface area contributed by atoms with E-state index < -0.39 is 10.0 Å². The Hall–Kier alpha value is -2.00. The number of rotatable bonds is 9. The van der Waals surface area contributed by atoms with Gasteiger partial charge in [0.1, 0.15) is 5.82 Å². The summed E-state index contributed by atoms with van der Waals surface area (Å²) in [6, 6.07) is 14.2. The van der Waals surface area contributed by atoms with E-state index in [4.69, 9.17) is 11.6 Å². The van der Waals surface area contributed by atoms with E-state index in [0.717, 1.165) is 51.0 Å². The minimum atomic E-state index is -3.23. The number of hydrogen-bond acceptors (Lipinski definition) is 4. The molecule has 0 atom stereocenters. The molecule has 0 radical (unpaired) electrons. The van der Waals surface area contributed by atoms with Crippen LogP contribution in [0.3, 0.4) is 0 Å². The zero-order chi connectivity index (χ0) is 26.4. The van der Waals surface area contributed by atoms with Crippen LogP contribution in [0.25, 0.3) is 0 Å². The molecule has 2 aromatic rings. The van der Waals surface area contributed by atoms with Gasteiger partial charge in [0.25, 0.3) is 0 Å². The summed E-state index contributed by atoms with van der Waals surface area (Å²) in [7, 11) is -3.23. The summed E-state index contributed by atoms with van der Waals surface area (Å²) in [5, 5.41) is 0.588. The van der Waals surface area contributed by atoms with Crippen molar-refractivity contribution in [2.24, 2.45) is 11.8 Å². The van der Waals surface area contributed by atoms with Crippen LogP contribution >= 0.6 is 11.6 Å². The van der Waals surface area contributed by atoms with Crippen molar-refractivity contribution in [3.05, 3.63) is 64.9 Å². The molecule has 0 unspecified atom stereocenters. The minimum Gasteiger partial charge on any atom is -0.312 e. The van der Waals surface area contributed by atoms with Crippen LogP contribution in [0.15, 0.2) is 48.5 Å². The van der Waals surface area contributed by atoms with E-state index in [1.54, 1.807) is 6.07 Å². The molecule has 6 nitrogen and oxygen atoms in total. The van der Waals surface area contributed by atoms with Gasteiger partial charge in [0.05, 0.1) is 6.26 Å². The molecule has 2 heterocycles. The number of piperidine rings is 2. The molecular weight excluding hydrogens is 513 g/mol. The molecule has 0 spiro atoms. The maximum absolute atomic E-state index is 13.6. The summed E-state index contributed by atoms with van der Waals surface area (Å²) < 4.78 is 38.4. The summed E-state index contributed by atoms with van der Waals surface area (Å²) in [5.74, 6) is 0.278. The normalized spacial score (nSPS) is 18.7. The van der Waals surface area contributed by atoms with Crippen LogP contribution in [0.5, 0.6) is 0 Å². The predicted molar refractivity (Wildman–Crippen MR) is 147 cm³/mol. The SMILES string of the molecule is CS(=O)(=O)N1CCC(C(=O)N(CCCN2CCC(Cc3ccc(F)cc3)CC2)c2cccc(Cl)c2)CC1. The Kier molecular flexibility index (Phi) is 9.62. The maximum Gasteiger partial charge on any atom is 0.230 e. The van der Waals surface area contributed by atoms with Gasteiger partial charge in [0, 0.05) is 36.3 Å². The van der Waals surface area contributed by atoms with Crippen molar-refractivity contribution in [3.63, 3.8) is 0 Å². The molecule has 4 rings (SSSR count). The first-order valence-corrected chi connectivity index (χ1v) is 15.4. The Morgan fingerprint density at radius 2 is 1.70 bits per heavy atom. The largest absolute Gasteiger partial charge is 0.312 e. The van der Waals surface area contributed by atoms with E-state index in [0.29, 0.717) is 43.4 Å². The van der Waals surface area contributed by atoms with E-state index in [1.165, 1.54) is 28.3 Å². The number of nitrogens with zero attached hydrogens (tertiary/aromatic N) is 3. The average molecular weight is 550 g/mol. The van der Waals surface area contributed by atoms with Crippen molar-refractivity contribution in [3.8, 4) is 0 Å². The van der Waals surface area contributed by atoms with Crippen molar-refractivity contribution in [1.82, 2.24) is 9.21 Å². The number of halogens is 2. The molecule has 1 amide bonds. The molecule has 9 heteroatoms. The quantitative estimate of drug-likeness (QED) is 0.449. The van der Waals surface area contributed by atoms with Gasteiger partial charge >= 0.3 is 0 Å². The molecule has 0 N–H and O–H groups in total. The highest BCUT2D eigenvalue weighted by atomic mass is 35.5. The van der Waals surface area contributed by atoms with Gasteiger partial charge < -0.3 is 9.80 Å². The van der Waals surface area contributed by atoms with Crippen LogP contribution in [0.4, 0.5) is 10.1 Å². The lowest BCUT2D eigenvalue weighted by Crippen LogP contribution is -2.45. The summed E-state index contributed by atoms with van der Waals surface area (Å²) in [6.45, 7) is 4.33. The first kappa shape index (κ1) is 28.0. The van der Waals surface area contributed by atoms with Gasteiger partial charge in [0.2, 0.25) is 15.9 Å². The molecule has 0 saturated carbocycles. The standard InChI is InChI=1S/C28H37ClFN3O3S/c1-37(35,36)32-18-12-24(13-19-32)28(34)33(27-5-2-4-25(29)21-27)15-3-14-31-16-10-23(11-17-31)20-22-6-8-26(30)9-7-22/h2,4-9,21,23-24H,3,10-20H2,1H3. The third kappa shape index (κ3) is 7.99. The topological polar surface area (TPSA) is 60.9 Å². The van der Waals surface area contributed by atoms with Crippen molar-refractivity contribution in [1.29, 1.82) is 0 Å². The van der Waals surface area contributed by atoms with E-state index in [9.17, 15) is 17.6 Å². The molecule has 37 heavy (non-hydrogen) atoms. The molecule has 2 saturated heterocycles. The molecule has 0 aromatic heterocycles. The lowest BCUT2D eigenvalue weighted by Gasteiger charge is -2.34. The molecule has 2 aromatic carbocycles. The Bertz CT molecular complexity index is 1150.